The molecule has 3 aromatic rings. The molecule has 0 atom stereocenters. The first kappa shape index (κ1) is 19.5. The number of rotatable bonds is 7. The molecule has 1 N–H and O–H groups in total. The zero-order chi connectivity index (χ0) is 20.3. The molecule has 1 heterocycles. The summed E-state index contributed by atoms with van der Waals surface area (Å²) in [6, 6.07) is 18.6. The number of sulfone groups is 1. The monoisotopic (exact) mass is 409 g/mol. The van der Waals surface area contributed by atoms with Crippen molar-refractivity contribution in [1.29, 1.82) is 0 Å². The van der Waals surface area contributed by atoms with Gasteiger partial charge in [0.15, 0.2) is 9.84 Å². The molecule has 0 radical (unpaired) electrons. The fourth-order valence-electron chi connectivity index (χ4n) is 3.51. The molecular weight excluding hydrogens is 386 g/mol. The van der Waals surface area contributed by atoms with Crippen molar-refractivity contribution in [3.05, 3.63) is 66.2 Å². The third-order valence-corrected chi connectivity index (χ3v) is 6.93. The number of hydrogen-bond acceptors (Lipinski definition) is 4. The molecule has 29 heavy (non-hydrogen) atoms. The number of carbonyl (C=O) groups excluding carboxylic acids is 1. The maximum atomic E-state index is 12.6. The number of nitrogens with one attached hydrogen (secondary N) is 1. The summed E-state index contributed by atoms with van der Waals surface area (Å²) in [5, 5.41) is 4.81. The van der Waals surface area contributed by atoms with E-state index in [9.17, 15) is 13.2 Å². The lowest BCUT2D eigenvalue weighted by molar-refractivity contribution is -0.116. The highest BCUT2D eigenvalue weighted by Crippen LogP contribution is 2.27. The van der Waals surface area contributed by atoms with Crippen molar-refractivity contribution in [3.8, 4) is 5.75 Å². The van der Waals surface area contributed by atoms with Crippen molar-refractivity contribution in [2.75, 3.05) is 17.7 Å². The molecule has 5 nitrogen and oxygen atoms in total. The van der Waals surface area contributed by atoms with Gasteiger partial charge in [-0.1, -0.05) is 30.3 Å². The first-order valence-corrected chi connectivity index (χ1v) is 11.4. The minimum Gasteiger partial charge on any atom is -0.494 e. The van der Waals surface area contributed by atoms with E-state index in [1.165, 1.54) is 0 Å². The first-order chi connectivity index (χ1) is 14.0. The molecule has 0 saturated heterocycles. The van der Waals surface area contributed by atoms with Crippen molar-refractivity contribution in [1.82, 2.24) is 0 Å². The molecular formula is C23H23NO4S. The van der Waals surface area contributed by atoms with Crippen molar-refractivity contribution >= 4 is 32.2 Å². The zero-order valence-electron chi connectivity index (χ0n) is 16.1. The van der Waals surface area contributed by atoms with E-state index < -0.39 is 9.84 Å². The highest BCUT2D eigenvalue weighted by Gasteiger charge is 2.16. The van der Waals surface area contributed by atoms with E-state index in [0.29, 0.717) is 37.2 Å². The molecule has 0 saturated carbocycles. The molecule has 0 spiro atoms. The normalized spacial score (nSPS) is 13.7. The fraction of sp³-hybridized carbons (Fsp3) is 0.261. The molecule has 6 heteroatoms. The summed E-state index contributed by atoms with van der Waals surface area (Å²) < 4.78 is 31.0. The van der Waals surface area contributed by atoms with Gasteiger partial charge in [-0.3, -0.25) is 4.79 Å². The van der Waals surface area contributed by atoms with Crippen molar-refractivity contribution < 1.29 is 17.9 Å². The second-order valence-electron chi connectivity index (χ2n) is 7.25. The minimum absolute atomic E-state index is 0.0405. The molecule has 0 bridgehead atoms. The van der Waals surface area contributed by atoms with E-state index in [1.807, 2.05) is 48.5 Å². The van der Waals surface area contributed by atoms with Gasteiger partial charge < -0.3 is 10.1 Å². The van der Waals surface area contributed by atoms with Gasteiger partial charge >= 0.3 is 0 Å². The quantitative estimate of drug-likeness (QED) is 0.589. The second kappa shape index (κ2) is 8.25. The standard InChI is InChI=1S/C23H23NO4S/c25-23-12-8-19-15-20(9-11-22(19)24-23)28-13-3-4-14-29(26,27)21-10-7-17-5-1-2-6-18(17)16-21/h1-2,5-7,9-11,15-16H,3-4,8,12-14H2,(H,24,25). The Kier molecular flexibility index (Phi) is 5.53. The van der Waals surface area contributed by atoms with Gasteiger partial charge in [-0.05, 0) is 65.9 Å². The summed E-state index contributed by atoms with van der Waals surface area (Å²) >= 11 is 0. The van der Waals surface area contributed by atoms with Crippen molar-refractivity contribution in [2.45, 2.75) is 30.6 Å². The Balaban J connectivity index is 1.29. The fourth-order valence-corrected chi connectivity index (χ4v) is 4.91. The smallest absolute Gasteiger partial charge is 0.224 e. The number of aryl methyl sites for hydroxylation is 1. The van der Waals surface area contributed by atoms with Crippen LogP contribution in [0.15, 0.2) is 65.6 Å². The minimum atomic E-state index is -3.31. The lowest BCUT2D eigenvalue weighted by Gasteiger charge is -2.17. The summed E-state index contributed by atoms with van der Waals surface area (Å²) in [5.41, 5.74) is 1.91. The van der Waals surface area contributed by atoms with Crippen LogP contribution in [-0.4, -0.2) is 26.7 Å². The van der Waals surface area contributed by atoms with Gasteiger partial charge in [0.05, 0.1) is 17.3 Å². The number of benzene rings is 3. The second-order valence-corrected chi connectivity index (χ2v) is 9.36. The Hall–Kier alpha value is -2.86. The number of fused-ring (bicyclic) bond motifs is 2. The maximum Gasteiger partial charge on any atom is 0.224 e. The number of hydrogen-bond donors (Lipinski definition) is 1. The Labute approximate surface area is 170 Å². The van der Waals surface area contributed by atoms with Gasteiger partial charge in [0.2, 0.25) is 5.91 Å². The molecule has 0 aromatic heterocycles. The molecule has 150 valence electrons. The highest BCUT2D eigenvalue weighted by atomic mass is 32.2. The van der Waals surface area contributed by atoms with E-state index in [1.54, 1.807) is 12.1 Å². The molecule has 0 aliphatic carbocycles. The molecule has 1 aliphatic rings. The third-order valence-electron chi connectivity index (χ3n) is 5.13. The number of ether oxygens (including phenoxy) is 1. The first-order valence-electron chi connectivity index (χ1n) is 9.78. The van der Waals surface area contributed by atoms with Crippen LogP contribution in [0, 0.1) is 0 Å². The van der Waals surface area contributed by atoms with Crippen LogP contribution in [0.4, 0.5) is 5.69 Å². The summed E-state index contributed by atoms with van der Waals surface area (Å²) in [7, 11) is -3.31. The lowest BCUT2D eigenvalue weighted by Crippen LogP contribution is -2.18. The van der Waals surface area contributed by atoms with Crippen LogP contribution in [0.5, 0.6) is 5.75 Å². The van der Waals surface area contributed by atoms with Crippen LogP contribution in [0.25, 0.3) is 10.8 Å². The van der Waals surface area contributed by atoms with Crippen molar-refractivity contribution in [3.63, 3.8) is 0 Å². The molecule has 1 aliphatic heterocycles. The average Bonchev–Trinajstić information content (AvgIpc) is 2.73. The summed E-state index contributed by atoms with van der Waals surface area (Å²) in [5.74, 6) is 0.890. The Morgan fingerprint density at radius 1 is 0.897 bits per heavy atom. The number of carbonyl (C=O) groups is 1. The summed E-state index contributed by atoms with van der Waals surface area (Å²) in [6.45, 7) is 0.457. The maximum absolute atomic E-state index is 12.6. The van der Waals surface area contributed by atoms with Gasteiger partial charge in [-0.15, -0.1) is 0 Å². The Morgan fingerprint density at radius 2 is 1.72 bits per heavy atom. The van der Waals surface area contributed by atoms with Gasteiger partial charge in [-0.2, -0.15) is 0 Å². The largest absolute Gasteiger partial charge is 0.494 e. The van der Waals surface area contributed by atoms with Crippen LogP contribution < -0.4 is 10.1 Å². The molecule has 0 unspecified atom stereocenters. The van der Waals surface area contributed by atoms with Gasteiger partial charge in [0.1, 0.15) is 5.75 Å². The lowest BCUT2D eigenvalue weighted by atomic mass is 10.0. The average molecular weight is 410 g/mol. The molecule has 0 fully saturated rings. The molecule has 4 rings (SSSR count). The number of unbranched alkanes of at least 4 members (excludes halogenated alkanes) is 1. The Bertz CT molecular complexity index is 1150. The molecule has 1 amide bonds. The van der Waals surface area contributed by atoms with E-state index >= 15 is 0 Å². The van der Waals surface area contributed by atoms with E-state index in [2.05, 4.69) is 5.32 Å². The molecule has 3 aromatic carbocycles. The van der Waals surface area contributed by atoms with Crippen LogP contribution in [-0.2, 0) is 21.1 Å². The topological polar surface area (TPSA) is 72.5 Å². The van der Waals surface area contributed by atoms with E-state index in [0.717, 1.165) is 27.8 Å². The van der Waals surface area contributed by atoms with Gasteiger partial charge in [0.25, 0.3) is 0 Å². The van der Waals surface area contributed by atoms with E-state index in [4.69, 9.17) is 4.74 Å². The Morgan fingerprint density at radius 3 is 2.59 bits per heavy atom. The number of anilines is 1. The van der Waals surface area contributed by atoms with Crippen molar-refractivity contribution in [2.24, 2.45) is 0 Å². The van der Waals surface area contributed by atoms with Crippen LogP contribution in [0.3, 0.4) is 0 Å². The van der Waals surface area contributed by atoms with Gasteiger partial charge in [0, 0.05) is 12.1 Å². The van der Waals surface area contributed by atoms with Gasteiger partial charge in [-0.25, -0.2) is 8.42 Å². The third kappa shape index (κ3) is 4.59. The zero-order valence-corrected chi connectivity index (χ0v) is 16.9. The summed E-state index contributed by atoms with van der Waals surface area (Å²) in [6.07, 6.45) is 2.39. The van der Waals surface area contributed by atoms with E-state index in [-0.39, 0.29) is 11.7 Å². The highest BCUT2D eigenvalue weighted by molar-refractivity contribution is 7.91. The predicted molar refractivity (Wildman–Crippen MR) is 114 cm³/mol. The number of amides is 1. The predicted octanol–water partition coefficient (Wildman–Crippen LogP) is 4.36. The van der Waals surface area contributed by atoms with Crippen LogP contribution in [0.1, 0.15) is 24.8 Å². The summed E-state index contributed by atoms with van der Waals surface area (Å²) in [4.78, 5) is 11.8. The van der Waals surface area contributed by atoms with Crippen LogP contribution in [0.2, 0.25) is 0 Å². The van der Waals surface area contributed by atoms with Crippen LogP contribution >= 0.6 is 0 Å². The SMILES string of the molecule is O=C1CCc2cc(OCCCCS(=O)(=O)c3ccc4ccccc4c3)ccc2N1.